The van der Waals surface area contributed by atoms with Crippen LogP contribution in [0.3, 0.4) is 0 Å². The van der Waals surface area contributed by atoms with Crippen LogP contribution in [0.25, 0.3) is 0 Å². The van der Waals surface area contributed by atoms with E-state index in [4.69, 9.17) is 9.47 Å². The van der Waals surface area contributed by atoms with E-state index in [9.17, 15) is 4.79 Å². The highest BCUT2D eigenvalue weighted by atomic mass is 32.2. The second kappa shape index (κ2) is 8.64. The van der Waals surface area contributed by atoms with Crippen molar-refractivity contribution in [1.29, 1.82) is 0 Å². The highest BCUT2D eigenvalue weighted by molar-refractivity contribution is 8.00. The van der Waals surface area contributed by atoms with Crippen LogP contribution in [0.2, 0.25) is 0 Å². The van der Waals surface area contributed by atoms with Gasteiger partial charge in [0.25, 0.3) is 0 Å². The molecule has 128 valence electrons. The van der Waals surface area contributed by atoms with E-state index in [0.717, 1.165) is 22.1 Å². The first kappa shape index (κ1) is 18.2. The van der Waals surface area contributed by atoms with Crippen molar-refractivity contribution >= 4 is 23.4 Å². The van der Waals surface area contributed by atoms with Gasteiger partial charge in [0.1, 0.15) is 11.5 Å². The summed E-state index contributed by atoms with van der Waals surface area (Å²) in [6.07, 6.45) is 0.131. The van der Waals surface area contributed by atoms with Crippen LogP contribution in [-0.4, -0.2) is 24.4 Å². The first-order valence-electron chi connectivity index (χ1n) is 7.86. The Bertz CT molecular complexity index is 653. The van der Waals surface area contributed by atoms with Crippen molar-refractivity contribution in [1.82, 2.24) is 0 Å². The molecule has 1 atom stereocenters. The van der Waals surface area contributed by atoms with Crippen LogP contribution in [0.15, 0.2) is 53.4 Å². The van der Waals surface area contributed by atoms with Crippen molar-refractivity contribution in [2.24, 2.45) is 0 Å². The first-order valence-corrected chi connectivity index (χ1v) is 8.74. The van der Waals surface area contributed by atoms with Gasteiger partial charge in [0.05, 0.1) is 18.5 Å². The smallest absolute Gasteiger partial charge is 0.237 e. The van der Waals surface area contributed by atoms with Crippen molar-refractivity contribution in [2.45, 2.75) is 37.0 Å². The van der Waals surface area contributed by atoms with Crippen LogP contribution < -0.4 is 14.8 Å². The van der Waals surface area contributed by atoms with E-state index < -0.39 is 0 Å². The molecule has 0 spiro atoms. The van der Waals surface area contributed by atoms with Crippen LogP contribution in [0, 0.1) is 0 Å². The number of benzene rings is 2. The molecule has 1 unspecified atom stereocenters. The van der Waals surface area contributed by atoms with E-state index in [1.807, 2.05) is 69.3 Å². The molecule has 0 aliphatic rings. The Morgan fingerprint density at radius 3 is 2.08 bits per heavy atom. The van der Waals surface area contributed by atoms with Crippen molar-refractivity contribution < 1.29 is 14.3 Å². The number of carbonyl (C=O) groups excluding carboxylic acids is 1. The quantitative estimate of drug-likeness (QED) is 0.745. The second-order valence-corrected chi connectivity index (χ2v) is 7.03. The Morgan fingerprint density at radius 1 is 0.958 bits per heavy atom. The minimum Gasteiger partial charge on any atom is -0.497 e. The third kappa shape index (κ3) is 5.49. The molecule has 2 aromatic carbocycles. The molecule has 0 aliphatic heterocycles. The summed E-state index contributed by atoms with van der Waals surface area (Å²) >= 11 is 1.51. The van der Waals surface area contributed by atoms with Gasteiger partial charge in [-0.2, -0.15) is 0 Å². The molecule has 24 heavy (non-hydrogen) atoms. The van der Waals surface area contributed by atoms with Crippen LogP contribution in [-0.2, 0) is 4.79 Å². The molecule has 0 saturated heterocycles. The van der Waals surface area contributed by atoms with E-state index >= 15 is 0 Å². The molecule has 2 aromatic rings. The molecule has 1 N–H and O–H groups in total. The average Bonchev–Trinajstić information content (AvgIpc) is 2.56. The molecule has 0 aromatic heterocycles. The monoisotopic (exact) mass is 345 g/mol. The number of ether oxygens (including phenoxy) is 2. The molecular weight excluding hydrogens is 322 g/mol. The molecule has 0 radical (unpaired) electrons. The fraction of sp³-hybridized carbons (Fsp3) is 0.316. The summed E-state index contributed by atoms with van der Waals surface area (Å²) in [6.45, 7) is 5.85. The largest absolute Gasteiger partial charge is 0.497 e. The summed E-state index contributed by atoms with van der Waals surface area (Å²) in [5.74, 6) is 1.57. The summed E-state index contributed by atoms with van der Waals surface area (Å²) in [4.78, 5) is 13.3. The minimum atomic E-state index is -0.204. The SMILES string of the molecule is COc1ccc(SC(C)C(=O)Nc2ccc(OC(C)C)cc2)cc1. The zero-order valence-electron chi connectivity index (χ0n) is 14.4. The summed E-state index contributed by atoms with van der Waals surface area (Å²) < 4.78 is 10.7. The molecule has 0 fully saturated rings. The maximum Gasteiger partial charge on any atom is 0.237 e. The molecule has 4 nitrogen and oxygen atoms in total. The number of anilines is 1. The Balaban J connectivity index is 1.90. The van der Waals surface area contributed by atoms with Crippen molar-refractivity contribution in [3.63, 3.8) is 0 Å². The number of nitrogens with one attached hydrogen (secondary N) is 1. The standard InChI is InChI=1S/C19H23NO3S/c1-13(2)23-17-7-5-15(6-8-17)20-19(21)14(3)24-18-11-9-16(22-4)10-12-18/h5-14H,1-4H3,(H,20,21). The van der Waals surface area contributed by atoms with Crippen LogP contribution in [0.1, 0.15) is 20.8 Å². The molecule has 0 bridgehead atoms. The highest BCUT2D eigenvalue weighted by Crippen LogP contribution is 2.26. The van der Waals surface area contributed by atoms with E-state index in [2.05, 4.69) is 5.32 Å². The van der Waals surface area contributed by atoms with Crippen molar-refractivity contribution in [3.05, 3.63) is 48.5 Å². The Kier molecular flexibility index (Phi) is 6.55. The lowest BCUT2D eigenvalue weighted by molar-refractivity contribution is -0.115. The normalized spacial score (nSPS) is 11.9. The van der Waals surface area contributed by atoms with Gasteiger partial charge in [0.2, 0.25) is 5.91 Å². The van der Waals surface area contributed by atoms with Gasteiger partial charge in [-0.1, -0.05) is 0 Å². The second-order valence-electron chi connectivity index (χ2n) is 5.62. The van der Waals surface area contributed by atoms with E-state index in [0.29, 0.717) is 0 Å². The minimum absolute atomic E-state index is 0.0339. The van der Waals surface area contributed by atoms with Gasteiger partial charge in [-0.25, -0.2) is 0 Å². The Morgan fingerprint density at radius 2 is 1.54 bits per heavy atom. The van der Waals surface area contributed by atoms with Crippen LogP contribution in [0.5, 0.6) is 11.5 Å². The van der Waals surface area contributed by atoms with Gasteiger partial charge in [-0.3, -0.25) is 4.79 Å². The third-order valence-corrected chi connectivity index (χ3v) is 4.35. The number of amides is 1. The van der Waals surface area contributed by atoms with Crippen LogP contribution >= 0.6 is 11.8 Å². The Hall–Kier alpha value is -2.14. The van der Waals surface area contributed by atoms with Gasteiger partial charge in [0.15, 0.2) is 0 Å². The molecule has 0 saturated carbocycles. The van der Waals surface area contributed by atoms with Gasteiger partial charge < -0.3 is 14.8 Å². The number of methoxy groups -OCH3 is 1. The third-order valence-electron chi connectivity index (χ3n) is 3.24. The predicted molar refractivity (Wildman–Crippen MR) is 99.1 cm³/mol. The fourth-order valence-corrected chi connectivity index (χ4v) is 2.91. The van der Waals surface area contributed by atoms with E-state index in [1.54, 1.807) is 7.11 Å². The zero-order chi connectivity index (χ0) is 17.5. The number of thioether (sulfide) groups is 1. The molecule has 0 heterocycles. The fourth-order valence-electron chi connectivity index (χ4n) is 2.04. The Labute approximate surface area is 147 Å². The molecule has 2 rings (SSSR count). The van der Waals surface area contributed by atoms with Gasteiger partial charge in [-0.15, -0.1) is 11.8 Å². The molecular formula is C19H23NO3S. The maximum atomic E-state index is 12.3. The maximum absolute atomic E-state index is 12.3. The molecule has 1 amide bonds. The van der Waals surface area contributed by atoms with Gasteiger partial charge >= 0.3 is 0 Å². The highest BCUT2D eigenvalue weighted by Gasteiger charge is 2.14. The number of carbonyl (C=O) groups is 1. The van der Waals surface area contributed by atoms with Crippen molar-refractivity contribution in [3.8, 4) is 11.5 Å². The lowest BCUT2D eigenvalue weighted by Gasteiger charge is -2.13. The predicted octanol–water partition coefficient (Wildman–Crippen LogP) is 4.60. The molecule has 0 aliphatic carbocycles. The van der Waals surface area contributed by atoms with Gasteiger partial charge in [0, 0.05) is 10.6 Å². The topological polar surface area (TPSA) is 47.6 Å². The summed E-state index contributed by atoms with van der Waals surface area (Å²) in [6, 6.07) is 15.1. The average molecular weight is 345 g/mol. The number of hydrogen-bond donors (Lipinski definition) is 1. The van der Waals surface area contributed by atoms with Crippen LogP contribution in [0.4, 0.5) is 5.69 Å². The zero-order valence-corrected chi connectivity index (χ0v) is 15.2. The summed E-state index contributed by atoms with van der Waals surface area (Å²) in [5, 5.41) is 2.72. The number of hydrogen-bond acceptors (Lipinski definition) is 4. The molecule has 5 heteroatoms. The van der Waals surface area contributed by atoms with E-state index in [1.165, 1.54) is 11.8 Å². The lowest BCUT2D eigenvalue weighted by Crippen LogP contribution is -2.22. The summed E-state index contributed by atoms with van der Waals surface area (Å²) in [7, 11) is 1.63. The first-order chi connectivity index (χ1) is 11.5. The van der Waals surface area contributed by atoms with E-state index in [-0.39, 0.29) is 17.3 Å². The summed E-state index contributed by atoms with van der Waals surface area (Å²) in [5.41, 5.74) is 0.762. The van der Waals surface area contributed by atoms with Crippen molar-refractivity contribution in [2.75, 3.05) is 12.4 Å². The number of rotatable bonds is 7. The van der Waals surface area contributed by atoms with Gasteiger partial charge in [-0.05, 0) is 69.3 Å². The lowest BCUT2D eigenvalue weighted by atomic mass is 10.3.